The molecular formula is C31H30FN5O4S. The molecule has 5 aromatic rings. The van der Waals surface area contributed by atoms with E-state index >= 15 is 0 Å². The lowest BCUT2D eigenvalue weighted by atomic mass is 10.1. The molecule has 11 heteroatoms. The van der Waals surface area contributed by atoms with Crippen molar-refractivity contribution in [3.8, 4) is 11.3 Å². The summed E-state index contributed by atoms with van der Waals surface area (Å²) in [7, 11) is 1.07. The molecule has 0 unspecified atom stereocenters. The van der Waals surface area contributed by atoms with Crippen molar-refractivity contribution in [2.75, 3.05) is 56.6 Å². The Morgan fingerprint density at radius 2 is 1.64 bits per heavy atom. The highest BCUT2D eigenvalue weighted by molar-refractivity contribution is 7.92. The van der Waals surface area contributed by atoms with Gasteiger partial charge in [0.15, 0.2) is 0 Å². The maximum absolute atomic E-state index is 13.9. The third-order valence-corrected chi connectivity index (χ3v) is 9.61. The summed E-state index contributed by atoms with van der Waals surface area (Å²) in [6.45, 7) is 3.72. The molecule has 1 fully saturated rings. The van der Waals surface area contributed by atoms with Crippen molar-refractivity contribution in [1.29, 1.82) is 0 Å². The molecule has 42 heavy (non-hydrogen) atoms. The SMILES string of the molecule is COC(=O)c1cc2c([nH]c3cc(F)ccc32)c(-c2ccc(N(C)S(=O)(=O)c3ccc(N4CCN(C)CC4)cc3)cc2)n1. The van der Waals surface area contributed by atoms with E-state index in [1.807, 2.05) is 12.1 Å². The van der Waals surface area contributed by atoms with Crippen molar-refractivity contribution in [3.63, 3.8) is 0 Å². The van der Waals surface area contributed by atoms with Crippen molar-refractivity contribution in [1.82, 2.24) is 14.9 Å². The molecule has 1 aliphatic heterocycles. The molecule has 9 nitrogen and oxygen atoms in total. The normalized spacial score (nSPS) is 14.4. The number of nitrogens with zero attached hydrogens (tertiary/aromatic N) is 4. The second-order valence-electron chi connectivity index (χ2n) is 10.4. The van der Waals surface area contributed by atoms with Gasteiger partial charge in [-0.3, -0.25) is 4.31 Å². The van der Waals surface area contributed by atoms with Gasteiger partial charge < -0.3 is 19.5 Å². The van der Waals surface area contributed by atoms with E-state index in [0.29, 0.717) is 33.4 Å². The van der Waals surface area contributed by atoms with E-state index in [-0.39, 0.29) is 16.4 Å². The van der Waals surface area contributed by atoms with Gasteiger partial charge in [-0.05, 0) is 67.7 Å². The Morgan fingerprint density at radius 3 is 2.31 bits per heavy atom. The molecule has 6 rings (SSSR count). The topological polar surface area (TPSA) is 98.8 Å². The Morgan fingerprint density at radius 1 is 0.952 bits per heavy atom. The summed E-state index contributed by atoms with van der Waals surface area (Å²) < 4.78 is 47.0. The zero-order valence-corrected chi connectivity index (χ0v) is 24.3. The number of rotatable bonds is 6. The number of methoxy groups -OCH3 is 1. The van der Waals surface area contributed by atoms with Crippen molar-refractivity contribution >= 4 is 49.2 Å². The smallest absolute Gasteiger partial charge is 0.356 e. The second kappa shape index (κ2) is 10.7. The van der Waals surface area contributed by atoms with Gasteiger partial charge in [0, 0.05) is 60.8 Å². The Hall–Kier alpha value is -4.48. The summed E-state index contributed by atoms with van der Waals surface area (Å²) in [5.74, 6) is -0.991. The highest BCUT2D eigenvalue weighted by Crippen LogP contribution is 2.34. The number of benzene rings is 3. The zero-order chi connectivity index (χ0) is 29.6. The molecule has 0 bridgehead atoms. The van der Waals surface area contributed by atoms with E-state index in [2.05, 4.69) is 26.8 Å². The van der Waals surface area contributed by atoms with Crippen molar-refractivity contribution in [3.05, 3.63) is 84.3 Å². The van der Waals surface area contributed by atoms with Crippen LogP contribution in [0.1, 0.15) is 10.5 Å². The van der Waals surface area contributed by atoms with Crippen LogP contribution in [0.5, 0.6) is 0 Å². The average molecular weight is 588 g/mol. The number of likely N-dealkylation sites (N-methyl/N-ethyl adjacent to an activating group) is 1. The molecular weight excluding hydrogens is 557 g/mol. The summed E-state index contributed by atoms with van der Waals surface area (Å²) in [5, 5.41) is 1.43. The van der Waals surface area contributed by atoms with Gasteiger partial charge in [0.05, 0.1) is 28.9 Å². The van der Waals surface area contributed by atoms with Gasteiger partial charge in [-0.15, -0.1) is 0 Å². The molecule has 2 aromatic heterocycles. The van der Waals surface area contributed by atoms with Gasteiger partial charge in [-0.2, -0.15) is 0 Å². The van der Waals surface area contributed by atoms with E-state index in [9.17, 15) is 17.6 Å². The third kappa shape index (κ3) is 4.94. The van der Waals surface area contributed by atoms with Crippen LogP contribution in [0.3, 0.4) is 0 Å². The first-order chi connectivity index (χ1) is 20.2. The fourth-order valence-corrected chi connectivity index (χ4v) is 6.51. The van der Waals surface area contributed by atoms with E-state index in [1.54, 1.807) is 48.5 Å². The first-order valence-electron chi connectivity index (χ1n) is 13.5. The minimum atomic E-state index is -3.82. The fourth-order valence-electron chi connectivity index (χ4n) is 5.31. The zero-order valence-electron chi connectivity index (χ0n) is 23.5. The van der Waals surface area contributed by atoms with Gasteiger partial charge in [0.1, 0.15) is 11.5 Å². The highest BCUT2D eigenvalue weighted by atomic mass is 32.2. The number of sulfonamides is 1. The number of piperazine rings is 1. The number of fused-ring (bicyclic) bond motifs is 3. The summed E-state index contributed by atoms with van der Waals surface area (Å²) in [5.41, 5.74) is 3.86. The Labute approximate surface area is 243 Å². The van der Waals surface area contributed by atoms with Crippen molar-refractivity contribution < 1.29 is 22.3 Å². The van der Waals surface area contributed by atoms with Crippen LogP contribution >= 0.6 is 0 Å². The van der Waals surface area contributed by atoms with Gasteiger partial charge >= 0.3 is 5.97 Å². The van der Waals surface area contributed by atoms with Crippen LogP contribution in [0.15, 0.2) is 77.7 Å². The lowest BCUT2D eigenvalue weighted by Gasteiger charge is -2.34. The van der Waals surface area contributed by atoms with Gasteiger partial charge in [-0.1, -0.05) is 12.1 Å². The summed E-state index contributed by atoms with van der Waals surface area (Å²) in [6, 6.07) is 19.9. The number of nitrogens with one attached hydrogen (secondary N) is 1. The molecule has 1 saturated heterocycles. The minimum absolute atomic E-state index is 0.106. The standard InChI is InChI=1S/C31H30FN5O4S/c1-35-14-16-37(17-15-35)23-9-11-24(12-10-23)42(39,40)36(2)22-7-4-20(5-8-22)29-30-26(19-28(34-29)31(38)41-3)25-13-6-21(32)18-27(25)33-30/h4-13,18-19,33H,14-17H2,1-3H3. The molecule has 0 spiro atoms. The number of aromatic amines is 1. The number of esters is 1. The first kappa shape index (κ1) is 27.7. The second-order valence-corrected chi connectivity index (χ2v) is 12.4. The number of pyridine rings is 1. The van der Waals surface area contributed by atoms with E-state index in [0.717, 1.165) is 37.3 Å². The number of H-pyrrole nitrogens is 1. The van der Waals surface area contributed by atoms with Crippen LogP contribution in [0, 0.1) is 5.82 Å². The molecule has 0 aliphatic carbocycles. The third-order valence-electron chi connectivity index (χ3n) is 7.81. The fraction of sp³-hybridized carbons (Fsp3) is 0.226. The lowest BCUT2D eigenvalue weighted by molar-refractivity contribution is 0.0594. The molecule has 1 N–H and O–H groups in total. The molecule has 3 heterocycles. The van der Waals surface area contributed by atoms with Gasteiger partial charge in [0.25, 0.3) is 10.0 Å². The summed E-state index contributed by atoms with van der Waals surface area (Å²) in [6.07, 6.45) is 0. The minimum Gasteiger partial charge on any atom is -0.464 e. The van der Waals surface area contributed by atoms with E-state index in [1.165, 1.54) is 30.6 Å². The van der Waals surface area contributed by atoms with Crippen molar-refractivity contribution in [2.24, 2.45) is 0 Å². The predicted molar refractivity (Wildman–Crippen MR) is 162 cm³/mol. The number of carbonyl (C=O) groups excluding carboxylic acids is 1. The predicted octanol–water partition coefficient (Wildman–Crippen LogP) is 4.89. The molecule has 0 atom stereocenters. The van der Waals surface area contributed by atoms with Crippen LogP contribution < -0.4 is 9.21 Å². The van der Waals surface area contributed by atoms with Crippen LogP contribution in [-0.4, -0.2) is 76.6 Å². The largest absolute Gasteiger partial charge is 0.464 e. The Balaban J connectivity index is 1.31. The van der Waals surface area contributed by atoms with E-state index < -0.39 is 16.0 Å². The summed E-state index contributed by atoms with van der Waals surface area (Å²) >= 11 is 0. The number of aromatic nitrogens is 2. The lowest BCUT2D eigenvalue weighted by Crippen LogP contribution is -2.44. The van der Waals surface area contributed by atoms with Crippen LogP contribution in [-0.2, 0) is 14.8 Å². The van der Waals surface area contributed by atoms with E-state index in [4.69, 9.17) is 4.74 Å². The monoisotopic (exact) mass is 587 g/mol. The molecule has 3 aromatic carbocycles. The molecule has 0 radical (unpaired) electrons. The average Bonchev–Trinajstić information content (AvgIpc) is 3.37. The molecule has 0 amide bonds. The number of hydrogen-bond donors (Lipinski definition) is 1. The maximum atomic E-state index is 13.9. The number of hydrogen-bond acceptors (Lipinski definition) is 7. The molecule has 0 saturated carbocycles. The first-order valence-corrected chi connectivity index (χ1v) is 14.9. The quantitative estimate of drug-likeness (QED) is 0.283. The van der Waals surface area contributed by atoms with Gasteiger partial charge in [0.2, 0.25) is 0 Å². The van der Waals surface area contributed by atoms with Crippen molar-refractivity contribution in [2.45, 2.75) is 4.90 Å². The number of anilines is 2. The highest BCUT2D eigenvalue weighted by Gasteiger charge is 2.23. The van der Waals surface area contributed by atoms with Crippen LogP contribution in [0.2, 0.25) is 0 Å². The van der Waals surface area contributed by atoms with Crippen LogP contribution in [0.25, 0.3) is 33.1 Å². The summed E-state index contributed by atoms with van der Waals surface area (Å²) in [4.78, 5) is 24.9. The van der Waals surface area contributed by atoms with Crippen LogP contribution in [0.4, 0.5) is 15.8 Å². The molecule has 216 valence electrons. The molecule has 1 aliphatic rings. The number of ether oxygens (including phenoxy) is 1. The number of carbonyl (C=O) groups is 1. The van der Waals surface area contributed by atoms with Gasteiger partial charge in [-0.25, -0.2) is 22.6 Å². The Bertz CT molecular complexity index is 1900. The maximum Gasteiger partial charge on any atom is 0.356 e. The number of halogens is 1. The Kier molecular flexibility index (Phi) is 7.07.